The van der Waals surface area contributed by atoms with Crippen molar-refractivity contribution in [1.82, 2.24) is 5.32 Å². The summed E-state index contributed by atoms with van der Waals surface area (Å²) < 4.78 is 5.26. The molecule has 0 aromatic carbocycles. The van der Waals surface area contributed by atoms with Crippen molar-refractivity contribution < 1.29 is 9.53 Å². The molecular formula is C13H24N2O2. The van der Waals surface area contributed by atoms with Crippen LogP contribution in [0.3, 0.4) is 0 Å². The van der Waals surface area contributed by atoms with Crippen LogP contribution in [0.1, 0.15) is 57.8 Å². The molecule has 4 heteroatoms. The topological polar surface area (TPSA) is 64.3 Å². The molecule has 1 amide bonds. The first kappa shape index (κ1) is 12.7. The maximum Gasteiger partial charge on any atom is 0.407 e. The quantitative estimate of drug-likeness (QED) is 0.795. The Bertz CT molecular complexity index is 256. The summed E-state index contributed by atoms with van der Waals surface area (Å²) in [6.45, 7) is 0.367. The van der Waals surface area contributed by atoms with Crippen LogP contribution in [0.25, 0.3) is 0 Å². The third-order valence-corrected chi connectivity index (χ3v) is 4.02. The van der Waals surface area contributed by atoms with Crippen LogP contribution in [-0.2, 0) is 4.74 Å². The van der Waals surface area contributed by atoms with Crippen molar-refractivity contribution in [3.63, 3.8) is 0 Å². The lowest BCUT2D eigenvalue weighted by Crippen LogP contribution is -2.45. The molecule has 0 spiro atoms. The average molecular weight is 240 g/mol. The summed E-state index contributed by atoms with van der Waals surface area (Å²) in [5.74, 6) is 0. The second-order valence-corrected chi connectivity index (χ2v) is 5.62. The monoisotopic (exact) mass is 240 g/mol. The summed E-state index contributed by atoms with van der Waals surface area (Å²) >= 11 is 0. The van der Waals surface area contributed by atoms with E-state index < -0.39 is 0 Å². The Morgan fingerprint density at radius 3 is 2.47 bits per heavy atom. The van der Waals surface area contributed by atoms with E-state index in [-0.39, 0.29) is 11.6 Å². The summed E-state index contributed by atoms with van der Waals surface area (Å²) in [5.41, 5.74) is 5.88. The fourth-order valence-electron chi connectivity index (χ4n) is 2.89. The molecule has 0 aromatic rings. The molecule has 0 heterocycles. The minimum absolute atomic E-state index is 0.260. The highest BCUT2D eigenvalue weighted by atomic mass is 16.5. The van der Waals surface area contributed by atoms with Gasteiger partial charge in [0, 0.05) is 6.04 Å². The SMILES string of the molecule is NC1(COC(=O)NC2CCCCC2)CCCC1. The van der Waals surface area contributed by atoms with Crippen LogP contribution in [0.5, 0.6) is 0 Å². The Morgan fingerprint density at radius 1 is 1.18 bits per heavy atom. The first-order valence-electron chi connectivity index (χ1n) is 6.90. The van der Waals surface area contributed by atoms with Crippen LogP contribution >= 0.6 is 0 Å². The molecule has 0 radical (unpaired) electrons. The number of carbonyl (C=O) groups excluding carboxylic acids is 1. The van der Waals surface area contributed by atoms with Gasteiger partial charge in [-0.25, -0.2) is 4.79 Å². The molecule has 2 aliphatic rings. The average Bonchev–Trinajstić information content (AvgIpc) is 2.76. The van der Waals surface area contributed by atoms with Gasteiger partial charge >= 0.3 is 6.09 Å². The molecule has 0 aromatic heterocycles. The zero-order valence-corrected chi connectivity index (χ0v) is 10.5. The first-order chi connectivity index (χ1) is 8.18. The largest absolute Gasteiger partial charge is 0.448 e. The number of rotatable bonds is 3. The van der Waals surface area contributed by atoms with Crippen molar-refractivity contribution in [2.24, 2.45) is 5.73 Å². The maximum absolute atomic E-state index is 11.6. The number of hydrogen-bond acceptors (Lipinski definition) is 3. The highest BCUT2D eigenvalue weighted by Crippen LogP contribution is 2.27. The number of alkyl carbamates (subject to hydrolysis) is 1. The molecule has 0 bridgehead atoms. The highest BCUT2D eigenvalue weighted by molar-refractivity contribution is 5.67. The van der Waals surface area contributed by atoms with Gasteiger partial charge in [-0.3, -0.25) is 0 Å². The summed E-state index contributed by atoms with van der Waals surface area (Å²) in [7, 11) is 0. The molecule has 2 saturated carbocycles. The normalized spacial score (nSPS) is 24.5. The Hall–Kier alpha value is -0.770. The standard InChI is InChI=1S/C13H24N2O2/c14-13(8-4-5-9-13)10-17-12(16)15-11-6-2-1-3-7-11/h11H,1-10,14H2,(H,15,16). The van der Waals surface area contributed by atoms with Crippen molar-refractivity contribution in [3.8, 4) is 0 Å². The second kappa shape index (κ2) is 5.71. The summed E-state index contributed by atoms with van der Waals surface area (Å²) in [6.07, 6.45) is 9.87. The van der Waals surface area contributed by atoms with E-state index in [4.69, 9.17) is 10.5 Å². The smallest absolute Gasteiger partial charge is 0.407 e. The summed E-state index contributed by atoms with van der Waals surface area (Å²) in [6, 6.07) is 0.313. The molecule has 2 fully saturated rings. The minimum Gasteiger partial charge on any atom is -0.448 e. The number of amides is 1. The molecule has 0 atom stereocenters. The van der Waals surface area contributed by atoms with E-state index in [0.29, 0.717) is 12.6 Å². The van der Waals surface area contributed by atoms with Crippen LogP contribution in [-0.4, -0.2) is 24.3 Å². The van der Waals surface area contributed by atoms with Crippen molar-refractivity contribution in [2.75, 3.05) is 6.61 Å². The molecule has 17 heavy (non-hydrogen) atoms. The molecule has 3 N–H and O–H groups in total. The number of nitrogens with two attached hydrogens (primary N) is 1. The summed E-state index contributed by atoms with van der Waals surface area (Å²) in [5, 5.41) is 2.94. The summed E-state index contributed by atoms with van der Waals surface area (Å²) in [4.78, 5) is 11.6. The van der Waals surface area contributed by atoms with E-state index >= 15 is 0 Å². The third kappa shape index (κ3) is 3.87. The van der Waals surface area contributed by atoms with Gasteiger partial charge in [0.05, 0.1) is 5.54 Å². The van der Waals surface area contributed by atoms with Gasteiger partial charge in [-0.05, 0) is 25.7 Å². The van der Waals surface area contributed by atoms with Crippen LogP contribution < -0.4 is 11.1 Å². The van der Waals surface area contributed by atoms with Crippen molar-refractivity contribution in [1.29, 1.82) is 0 Å². The van der Waals surface area contributed by atoms with E-state index in [9.17, 15) is 4.79 Å². The van der Waals surface area contributed by atoms with Gasteiger partial charge in [-0.15, -0.1) is 0 Å². The van der Waals surface area contributed by atoms with Crippen LogP contribution in [0.2, 0.25) is 0 Å². The minimum atomic E-state index is -0.284. The zero-order valence-electron chi connectivity index (χ0n) is 10.5. The van der Waals surface area contributed by atoms with Crippen molar-refractivity contribution >= 4 is 6.09 Å². The predicted molar refractivity (Wildman–Crippen MR) is 66.7 cm³/mol. The van der Waals surface area contributed by atoms with Gasteiger partial charge in [0.2, 0.25) is 0 Å². The maximum atomic E-state index is 11.6. The van der Waals surface area contributed by atoms with Gasteiger partial charge < -0.3 is 15.8 Å². The van der Waals surface area contributed by atoms with Crippen LogP contribution in [0, 0.1) is 0 Å². The first-order valence-corrected chi connectivity index (χ1v) is 6.90. The molecule has 98 valence electrons. The molecule has 4 nitrogen and oxygen atoms in total. The number of hydrogen-bond donors (Lipinski definition) is 2. The lowest BCUT2D eigenvalue weighted by Gasteiger charge is -2.25. The van der Waals surface area contributed by atoms with Crippen molar-refractivity contribution in [3.05, 3.63) is 0 Å². The van der Waals surface area contributed by atoms with E-state index in [1.54, 1.807) is 0 Å². The Morgan fingerprint density at radius 2 is 1.82 bits per heavy atom. The second-order valence-electron chi connectivity index (χ2n) is 5.62. The predicted octanol–water partition coefficient (Wildman–Crippen LogP) is 2.32. The van der Waals surface area contributed by atoms with E-state index in [1.165, 1.54) is 19.3 Å². The van der Waals surface area contributed by atoms with E-state index in [1.807, 2.05) is 0 Å². The Labute approximate surface area is 103 Å². The fourth-order valence-corrected chi connectivity index (χ4v) is 2.89. The Balaban J connectivity index is 1.66. The number of carbonyl (C=O) groups is 1. The van der Waals surface area contributed by atoms with Gasteiger partial charge in [-0.2, -0.15) is 0 Å². The van der Waals surface area contributed by atoms with Gasteiger partial charge in [0.1, 0.15) is 6.61 Å². The molecule has 0 aliphatic heterocycles. The van der Waals surface area contributed by atoms with Gasteiger partial charge in [-0.1, -0.05) is 32.1 Å². The van der Waals surface area contributed by atoms with Crippen molar-refractivity contribution in [2.45, 2.75) is 69.4 Å². The fraction of sp³-hybridized carbons (Fsp3) is 0.923. The molecule has 2 aliphatic carbocycles. The lowest BCUT2D eigenvalue weighted by molar-refractivity contribution is 0.112. The molecule has 0 saturated heterocycles. The number of nitrogens with one attached hydrogen (secondary N) is 1. The lowest BCUT2D eigenvalue weighted by atomic mass is 9.96. The zero-order chi connectivity index (χ0) is 12.1. The molecule has 2 rings (SSSR count). The van der Waals surface area contributed by atoms with Crippen LogP contribution in [0.15, 0.2) is 0 Å². The third-order valence-electron chi connectivity index (χ3n) is 4.02. The Kier molecular flexibility index (Phi) is 4.26. The molecule has 0 unspecified atom stereocenters. The van der Waals surface area contributed by atoms with E-state index in [0.717, 1.165) is 38.5 Å². The molecular weight excluding hydrogens is 216 g/mol. The number of ether oxygens (including phenoxy) is 1. The highest BCUT2D eigenvalue weighted by Gasteiger charge is 2.31. The van der Waals surface area contributed by atoms with E-state index in [2.05, 4.69) is 5.32 Å². The van der Waals surface area contributed by atoms with Gasteiger partial charge in [0.25, 0.3) is 0 Å². The van der Waals surface area contributed by atoms with Gasteiger partial charge in [0.15, 0.2) is 0 Å². The van der Waals surface area contributed by atoms with Crippen LogP contribution in [0.4, 0.5) is 4.79 Å².